The second-order valence-corrected chi connectivity index (χ2v) is 19.1. The van der Waals surface area contributed by atoms with Crippen molar-refractivity contribution >= 4 is 23.9 Å². The highest BCUT2D eigenvalue weighted by Crippen LogP contribution is 2.77. The molecule has 5 aliphatic carbocycles. The van der Waals surface area contributed by atoms with Gasteiger partial charge in [-0.25, -0.2) is 19.2 Å². The Morgan fingerprint density at radius 1 is 0.685 bits per heavy atom. The molecule has 2 N–H and O–H groups in total. The summed E-state index contributed by atoms with van der Waals surface area (Å²) in [4.78, 5) is 50.7. The average Bonchev–Trinajstić information content (AvgIpc) is 3.52. The molecule has 7 rings (SSSR count). The first kappa shape index (κ1) is 38.3. The molecule has 5 saturated carbocycles. The molecule has 0 heterocycles. The van der Waals surface area contributed by atoms with E-state index < -0.39 is 23.9 Å². The first-order chi connectivity index (χ1) is 25.4. The summed E-state index contributed by atoms with van der Waals surface area (Å²) in [5, 5.41) is 19.5. The Kier molecular flexibility index (Phi) is 9.49. The molecule has 0 aliphatic heterocycles. The van der Waals surface area contributed by atoms with Crippen LogP contribution in [0.3, 0.4) is 0 Å². The van der Waals surface area contributed by atoms with Crippen LogP contribution in [-0.2, 0) is 9.47 Å². The minimum Gasteiger partial charge on any atom is -0.478 e. The number of benzene rings is 2. The van der Waals surface area contributed by atoms with Gasteiger partial charge in [-0.15, -0.1) is 0 Å². The predicted octanol–water partition coefficient (Wildman–Crippen LogP) is 10.1. The van der Waals surface area contributed by atoms with Gasteiger partial charge in [0.25, 0.3) is 0 Å². The summed E-state index contributed by atoms with van der Waals surface area (Å²) in [6, 6.07) is 12.6. The molecule has 0 amide bonds. The van der Waals surface area contributed by atoms with Gasteiger partial charge in [-0.05, 0) is 141 Å². The number of carboxylic acid groups (broad SMARTS) is 2. The number of hydrogen-bond donors (Lipinski definition) is 2. The van der Waals surface area contributed by atoms with E-state index in [1.165, 1.54) is 17.7 Å². The Labute approximate surface area is 320 Å². The fourth-order valence-corrected chi connectivity index (χ4v) is 13.9. The number of esters is 2. The van der Waals surface area contributed by atoms with Crippen molar-refractivity contribution in [2.45, 2.75) is 112 Å². The quantitative estimate of drug-likeness (QED) is 0.202. The number of carbonyl (C=O) groups excluding carboxylic acids is 2. The van der Waals surface area contributed by atoms with Crippen molar-refractivity contribution in [3.63, 3.8) is 0 Å². The van der Waals surface area contributed by atoms with Crippen LogP contribution in [0.15, 0.2) is 60.7 Å². The number of hydrogen-bond acceptors (Lipinski definition) is 6. The molecule has 0 unspecified atom stereocenters. The van der Waals surface area contributed by atoms with Crippen LogP contribution in [0.2, 0.25) is 0 Å². The summed E-state index contributed by atoms with van der Waals surface area (Å²) < 4.78 is 12.4. The maximum absolute atomic E-state index is 13.5. The number of carbonyl (C=O) groups is 4. The summed E-state index contributed by atoms with van der Waals surface area (Å²) in [5.41, 5.74) is 1.09. The Morgan fingerprint density at radius 3 is 1.87 bits per heavy atom. The summed E-state index contributed by atoms with van der Waals surface area (Å²) >= 11 is 0. The largest absolute Gasteiger partial charge is 0.478 e. The smallest absolute Gasteiger partial charge is 0.339 e. The van der Waals surface area contributed by atoms with Crippen LogP contribution >= 0.6 is 0 Å². The number of aromatic carboxylic acids is 2. The normalized spacial score (nSPS) is 37.7. The van der Waals surface area contributed by atoms with E-state index in [0.717, 1.165) is 64.2 Å². The third-order valence-corrected chi connectivity index (χ3v) is 16.7. The third-order valence-electron chi connectivity index (χ3n) is 16.7. The van der Waals surface area contributed by atoms with Gasteiger partial charge in [0.2, 0.25) is 0 Å². The molecule has 5 fully saturated rings. The molecule has 8 heteroatoms. The summed E-state index contributed by atoms with van der Waals surface area (Å²) in [6.45, 7) is 19.1. The average molecular weight is 739 g/mol. The lowest BCUT2D eigenvalue weighted by atomic mass is 9.32. The van der Waals surface area contributed by atoms with Gasteiger partial charge in [0, 0.05) is 10.8 Å². The van der Waals surface area contributed by atoms with Gasteiger partial charge in [-0.2, -0.15) is 0 Å². The second-order valence-electron chi connectivity index (χ2n) is 19.1. The lowest BCUT2D eigenvalue weighted by Crippen LogP contribution is -2.67. The van der Waals surface area contributed by atoms with Crippen LogP contribution in [0.4, 0.5) is 0 Å². The van der Waals surface area contributed by atoms with Crippen LogP contribution in [0, 0.1) is 56.7 Å². The molecule has 8 nitrogen and oxygen atoms in total. The van der Waals surface area contributed by atoms with Crippen molar-refractivity contribution in [2.75, 3.05) is 6.61 Å². The lowest BCUT2D eigenvalue weighted by molar-refractivity contribution is -0.249. The first-order valence-corrected chi connectivity index (χ1v) is 20.1. The van der Waals surface area contributed by atoms with E-state index in [1.54, 1.807) is 36.4 Å². The molecule has 0 saturated heterocycles. The van der Waals surface area contributed by atoms with Gasteiger partial charge in [-0.3, -0.25) is 0 Å². The van der Waals surface area contributed by atoms with Crippen molar-refractivity contribution in [1.82, 2.24) is 0 Å². The monoisotopic (exact) mass is 738 g/mol. The van der Waals surface area contributed by atoms with Crippen LogP contribution < -0.4 is 0 Å². The molecule has 2 aromatic carbocycles. The minimum absolute atomic E-state index is 0.0336. The third kappa shape index (κ3) is 5.67. The van der Waals surface area contributed by atoms with E-state index >= 15 is 0 Å². The predicted molar refractivity (Wildman–Crippen MR) is 205 cm³/mol. The van der Waals surface area contributed by atoms with Gasteiger partial charge in [-0.1, -0.05) is 71.0 Å². The molecule has 0 radical (unpaired) electrons. The van der Waals surface area contributed by atoms with Crippen LogP contribution in [0.25, 0.3) is 0 Å². The van der Waals surface area contributed by atoms with Crippen molar-refractivity contribution < 1.29 is 38.9 Å². The van der Waals surface area contributed by atoms with Crippen LogP contribution in [0.1, 0.15) is 147 Å². The van der Waals surface area contributed by atoms with Crippen LogP contribution in [-0.4, -0.2) is 46.8 Å². The summed E-state index contributed by atoms with van der Waals surface area (Å²) in [7, 11) is 0. The zero-order chi connectivity index (χ0) is 39.0. The molecular weight excluding hydrogens is 680 g/mol. The van der Waals surface area contributed by atoms with Gasteiger partial charge in [0.1, 0.15) is 6.10 Å². The van der Waals surface area contributed by atoms with Crippen molar-refractivity contribution in [2.24, 2.45) is 56.7 Å². The minimum atomic E-state index is -1.14. The molecule has 0 spiro atoms. The fourth-order valence-electron chi connectivity index (χ4n) is 13.9. The molecule has 2 aromatic rings. The van der Waals surface area contributed by atoms with E-state index in [9.17, 15) is 29.4 Å². The molecular formula is C46H58O8. The number of carboxylic acids is 2. The van der Waals surface area contributed by atoms with Crippen molar-refractivity contribution in [3.8, 4) is 0 Å². The zero-order valence-corrected chi connectivity index (χ0v) is 32.9. The maximum Gasteiger partial charge on any atom is 0.339 e. The highest BCUT2D eigenvalue weighted by atomic mass is 16.5. The Balaban J connectivity index is 1.14. The standard InChI is InChI=1S/C46H58O8/c1-27(2)28-18-23-46(26-53-40(51)31-14-10-8-12-29(31)38(47)48)25-24-44(6)33(37(28)46)16-17-35-43(5)21-20-36(42(3,4)34(43)19-22-45(35,44)7)54-41(52)32-15-11-9-13-30(32)39(49)50/h8-15,28,33-37H,1,16-26H2,2-7H3,(H,47,48)(H,49,50)/t28-,33-,34+,35+,36+,37-,43+,44+,45-,46-/m1/s1. The van der Waals surface area contributed by atoms with E-state index in [-0.39, 0.29) is 55.4 Å². The molecule has 290 valence electrons. The topological polar surface area (TPSA) is 127 Å². The number of rotatable bonds is 8. The Morgan fingerprint density at radius 2 is 1.28 bits per heavy atom. The zero-order valence-electron chi connectivity index (χ0n) is 32.9. The van der Waals surface area contributed by atoms with E-state index in [4.69, 9.17) is 9.47 Å². The Hall–Kier alpha value is -3.94. The van der Waals surface area contributed by atoms with Crippen molar-refractivity contribution in [1.29, 1.82) is 0 Å². The molecule has 0 aromatic heterocycles. The summed E-state index contributed by atoms with van der Waals surface area (Å²) in [5.74, 6) is -1.43. The SMILES string of the molecule is C=C(C)[C@H]1CC[C@]2(COC(=O)c3ccccc3C(=O)O)CC[C@@]3(C)[C@H](CC[C@H]4[C@@]5(C)CC[C@H](OC(=O)c6ccccc6C(=O)O)C(C)(C)[C@@H]5CC[C@]43C)[C@@H]12. The fraction of sp³-hybridized carbons (Fsp3) is 0.609. The number of ether oxygens (including phenoxy) is 2. The molecule has 54 heavy (non-hydrogen) atoms. The summed E-state index contributed by atoms with van der Waals surface area (Å²) in [6.07, 6.45) is 9.77. The second kappa shape index (κ2) is 13.4. The molecule has 0 bridgehead atoms. The van der Waals surface area contributed by atoms with Crippen molar-refractivity contribution in [3.05, 3.63) is 82.9 Å². The van der Waals surface area contributed by atoms with Gasteiger partial charge < -0.3 is 19.7 Å². The lowest BCUT2D eigenvalue weighted by Gasteiger charge is -2.73. The highest BCUT2D eigenvalue weighted by Gasteiger charge is 2.71. The Bertz CT molecular complexity index is 1880. The van der Waals surface area contributed by atoms with Gasteiger partial charge in [0.15, 0.2) is 0 Å². The highest BCUT2D eigenvalue weighted by molar-refractivity contribution is 6.03. The molecule has 10 atom stereocenters. The molecule has 5 aliphatic rings. The number of allylic oxidation sites excluding steroid dienone is 1. The van der Waals surface area contributed by atoms with Gasteiger partial charge in [0.05, 0.1) is 28.9 Å². The first-order valence-electron chi connectivity index (χ1n) is 20.1. The van der Waals surface area contributed by atoms with E-state index in [1.807, 2.05) is 0 Å². The maximum atomic E-state index is 13.5. The van der Waals surface area contributed by atoms with E-state index in [0.29, 0.717) is 36.2 Å². The number of fused-ring (bicyclic) bond motifs is 7. The van der Waals surface area contributed by atoms with Gasteiger partial charge >= 0.3 is 23.9 Å². The van der Waals surface area contributed by atoms with Crippen LogP contribution in [0.5, 0.6) is 0 Å². The van der Waals surface area contributed by atoms with E-state index in [2.05, 4.69) is 48.1 Å².